The molecule has 8 nitrogen and oxygen atoms in total. The van der Waals surface area contributed by atoms with E-state index in [1.807, 2.05) is 23.1 Å². The first-order valence-electron chi connectivity index (χ1n) is 9.84. The zero-order valence-corrected chi connectivity index (χ0v) is 16.1. The molecule has 1 aromatic heterocycles. The third-order valence-electron chi connectivity index (χ3n) is 6.17. The van der Waals surface area contributed by atoms with Crippen molar-refractivity contribution in [1.82, 2.24) is 14.8 Å². The van der Waals surface area contributed by atoms with Crippen LogP contribution in [0.25, 0.3) is 0 Å². The first-order chi connectivity index (χ1) is 14.1. The average Bonchev–Trinajstić information content (AvgIpc) is 3.41. The Morgan fingerprint density at radius 1 is 1.21 bits per heavy atom. The van der Waals surface area contributed by atoms with Crippen molar-refractivity contribution in [3.8, 4) is 11.5 Å². The third-order valence-corrected chi connectivity index (χ3v) is 6.17. The van der Waals surface area contributed by atoms with Crippen molar-refractivity contribution in [3.05, 3.63) is 48.3 Å². The van der Waals surface area contributed by atoms with E-state index in [1.54, 1.807) is 24.4 Å². The molecule has 0 saturated carbocycles. The number of nitrogens with zero attached hydrogens (tertiary/aromatic N) is 3. The van der Waals surface area contributed by atoms with Gasteiger partial charge in [-0.2, -0.15) is 0 Å². The van der Waals surface area contributed by atoms with Crippen LogP contribution in [0.15, 0.2) is 42.6 Å². The van der Waals surface area contributed by atoms with E-state index in [-0.39, 0.29) is 30.8 Å². The summed E-state index contributed by atoms with van der Waals surface area (Å²) in [5.41, 5.74) is 1.42. The zero-order valence-electron chi connectivity index (χ0n) is 16.1. The molecule has 2 atom stereocenters. The summed E-state index contributed by atoms with van der Waals surface area (Å²) in [6.45, 7) is 3.84. The number of pyridine rings is 1. The molecule has 5 rings (SSSR count). The molecule has 1 aromatic carbocycles. The zero-order chi connectivity index (χ0) is 19.8. The van der Waals surface area contributed by atoms with Gasteiger partial charge in [-0.1, -0.05) is 6.07 Å². The van der Waals surface area contributed by atoms with Crippen LogP contribution in [0.3, 0.4) is 0 Å². The number of aliphatic hydroxyl groups is 1. The molecule has 29 heavy (non-hydrogen) atoms. The van der Waals surface area contributed by atoms with Gasteiger partial charge in [0.25, 0.3) is 0 Å². The van der Waals surface area contributed by atoms with Gasteiger partial charge in [0.05, 0.1) is 12.3 Å². The fraction of sp³-hybridized carbons (Fsp3) is 0.429. The van der Waals surface area contributed by atoms with Crippen LogP contribution in [0.2, 0.25) is 0 Å². The van der Waals surface area contributed by atoms with E-state index in [2.05, 4.69) is 15.2 Å². The van der Waals surface area contributed by atoms with Gasteiger partial charge < -0.3 is 24.8 Å². The molecule has 3 aliphatic rings. The van der Waals surface area contributed by atoms with Crippen molar-refractivity contribution in [2.24, 2.45) is 11.3 Å². The number of ether oxygens (including phenoxy) is 2. The van der Waals surface area contributed by atoms with E-state index in [0.717, 1.165) is 25.3 Å². The van der Waals surface area contributed by atoms with Crippen molar-refractivity contribution in [1.29, 1.82) is 0 Å². The van der Waals surface area contributed by atoms with E-state index in [1.165, 1.54) is 0 Å². The maximum absolute atomic E-state index is 12.8. The van der Waals surface area contributed by atoms with Crippen LogP contribution in [0.5, 0.6) is 11.5 Å². The molecular weight excluding hydrogens is 372 g/mol. The molecule has 3 aliphatic heterocycles. The van der Waals surface area contributed by atoms with Gasteiger partial charge in [0, 0.05) is 62.0 Å². The average molecular weight is 396 g/mol. The number of anilines is 1. The number of hydrogen-bond acceptors (Lipinski definition) is 6. The molecular formula is C21H24N4O4. The number of carbonyl (C=O) groups is 1. The molecule has 2 saturated heterocycles. The van der Waals surface area contributed by atoms with E-state index in [0.29, 0.717) is 30.3 Å². The molecule has 2 N–H and O–H groups in total. The molecule has 0 spiro atoms. The number of nitrogens with one attached hydrogen (secondary N) is 1. The lowest BCUT2D eigenvalue weighted by molar-refractivity contribution is 0.115. The lowest BCUT2D eigenvalue weighted by Gasteiger charge is -2.27. The molecule has 2 aromatic rings. The van der Waals surface area contributed by atoms with Gasteiger partial charge >= 0.3 is 6.03 Å². The monoisotopic (exact) mass is 396 g/mol. The van der Waals surface area contributed by atoms with Crippen molar-refractivity contribution in [2.45, 2.75) is 6.54 Å². The Hall–Kier alpha value is -2.84. The third kappa shape index (κ3) is 3.38. The minimum absolute atomic E-state index is 0.0736. The molecule has 8 heteroatoms. The fourth-order valence-electron chi connectivity index (χ4n) is 4.69. The predicted octanol–water partition coefficient (Wildman–Crippen LogP) is 1.77. The summed E-state index contributed by atoms with van der Waals surface area (Å²) in [4.78, 5) is 21.4. The van der Waals surface area contributed by atoms with Gasteiger partial charge in [-0.05, 0) is 24.3 Å². The van der Waals surface area contributed by atoms with E-state index in [9.17, 15) is 9.90 Å². The highest BCUT2D eigenvalue weighted by molar-refractivity contribution is 5.90. The van der Waals surface area contributed by atoms with Crippen LogP contribution >= 0.6 is 0 Å². The van der Waals surface area contributed by atoms with Gasteiger partial charge in [0.2, 0.25) is 6.79 Å². The number of hydrogen-bond donors (Lipinski definition) is 2. The summed E-state index contributed by atoms with van der Waals surface area (Å²) >= 11 is 0. The Morgan fingerprint density at radius 3 is 2.90 bits per heavy atom. The number of rotatable bonds is 4. The molecule has 2 fully saturated rings. The van der Waals surface area contributed by atoms with Gasteiger partial charge in [-0.15, -0.1) is 0 Å². The smallest absolute Gasteiger partial charge is 0.321 e. The minimum Gasteiger partial charge on any atom is -0.454 e. The molecule has 0 aliphatic carbocycles. The van der Waals surface area contributed by atoms with Crippen LogP contribution in [0.1, 0.15) is 5.69 Å². The van der Waals surface area contributed by atoms with Crippen LogP contribution in [0, 0.1) is 11.3 Å². The van der Waals surface area contributed by atoms with Crippen molar-refractivity contribution in [2.75, 3.05) is 44.9 Å². The lowest BCUT2D eigenvalue weighted by atomic mass is 9.82. The van der Waals surface area contributed by atoms with Crippen LogP contribution in [-0.2, 0) is 6.54 Å². The van der Waals surface area contributed by atoms with Crippen molar-refractivity contribution < 1.29 is 19.4 Å². The topological polar surface area (TPSA) is 87.2 Å². The number of benzene rings is 1. The maximum atomic E-state index is 12.8. The van der Waals surface area contributed by atoms with Gasteiger partial charge in [0.15, 0.2) is 11.5 Å². The standard InChI is InChI=1S/C21H24N4O4/c26-13-21-11-24(10-17-3-1-2-6-22-17)8-15(21)9-25(12-21)20(27)23-16-4-5-18-19(7-16)29-14-28-18/h1-7,15,26H,8-14H2,(H,23,27). The Bertz CT molecular complexity index is 909. The van der Waals surface area contributed by atoms with E-state index < -0.39 is 0 Å². The van der Waals surface area contributed by atoms with Gasteiger partial charge in [-0.25, -0.2) is 4.79 Å². The normalized spacial score (nSPS) is 25.3. The Kier molecular flexibility index (Phi) is 4.52. The van der Waals surface area contributed by atoms with Crippen LogP contribution in [-0.4, -0.2) is 65.5 Å². The molecule has 0 bridgehead atoms. The molecule has 4 heterocycles. The summed E-state index contributed by atoms with van der Waals surface area (Å²) in [6.07, 6.45) is 1.80. The highest BCUT2D eigenvalue weighted by atomic mass is 16.7. The second kappa shape index (κ2) is 7.20. The summed E-state index contributed by atoms with van der Waals surface area (Å²) in [5, 5.41) is 13.1. The maximum Gasteiger partial charge on any atom is 0.321 e. The number of aromatic nitrogens is 1. The molecule has 152 valence electrons. The number of likely N-dealkylation sites (tertiary alicyclic amines) is 2. The van der Waals surface area contributed by atoms with Gasteiger partial charge in [0.1, 0.15) is 0 Å². The summed E-state index contributed by atoms with van der Waals surface area (Å²) < 4.78 is 10.7. The predicted molar refractivity (Wildman–Crippen MR) is 106 cm³/mol. The quantitative estimate of drug-likeness (QED) is 0.819. The largest absolute Gasteiger partial charge is 0.454 e. The number of fused-ring (bicyclic) bond motifs is 2. The van der Waals surface area contributed by atoms with E-state index in [4.69, 9.17) is 9.47 Å². The van der Waals surface area contributed by atoms with Crippen LogP contribution < -0.4 is 14.8 Å². The molecule has 2 amide bonds. The second-order valence-corrected chi connectivity index (χ2v) is 8.09. The first kappa shape index (κ1) is 18.2. The highest BCUT2D eigenvalue weighted by Crippen LogP contribution is 2.43. The number of amides is 2. The second-order valence-electron chi connectivity index (χ2n) is 8.09. The van der Waals surface area contributed by atoms with E-state index >= 15 is 0 Å². The first-order valence-corrected chi connectivity index (χ1v) is 9.84. The Balaban J connectivity index is 1.23. The summed E-state index contributed by atoms with van der Waals surface area (Å²) in [5.74, 6) is 1.57. The number of aliphatic hydroxyl groups excluding tert-OH is 1. The minimum atomic E-state index is -0.277. The molecule has 0 radical (unpaired) electrons. The van der Waals surface area contributed by atoms with Gasteiger partial charge in [-0.3, -0.25) is 9.88 Å². The SMILES string of the molecule is O=C(Nc1ccc2c(c1)OCO2)N1CC2CN(Cc3ccccn3)CC2(CO)C1. The highest BCUT2D eigenvalue weighted by Gasteiger charge is 2.53. The number of carbonyl (C=O) groups excluding carboxylic acids is 1. The summed E-state index contributed by atoms with van der Waals surface area (Å²) in [7, 11) is 0. The lowest BCUT2D eigenvalue weighted by Crippen LogP contribution is -2.40. The Morgan fingerprint density at radius 2 is 2.10 bits per heavy atom. The number of urea groups is 1. The Labute approximate surface area is 169 Å². The summed E-state index contributed by atoms with van der Waals surface area (Å²) in [6, 6.07) is 11.1. The van der Waals surface area contributed by atoms with Crippen LogP contribution in [0.4, 0.5) is 10.5 Å². The van der Waals surface area contributed by atoms with Crippen molar-refractivity contribution in [3.63, 3.8) is 0 Å². The molecule has 2 unspecified atom stereocenters. The van der Waals surface area contributed by atoms with Crippen molar-refractivity contribution >= 4 is 11.7 Å². The fourth-order valence-corrected chi connectivity index (χ4v) is 4.69.